The monoisotopic (exact) mass is 281 g/mol. The van der Waals surface area contributed by atoms with Crippen molar-refractivity contribution in [2.24, 2.45) is 0 Å². The van der Waals surface area contributed by atoms with Crippen LogP contribution >= 0.6 is 0 Å². The van der Waals surface area contributed by atoms with Crippen LogP contribution in [0, 0.1) is 0 Å². The van der Waals surface area contributed by atoms with E-state index >= 15 is 0 Å². The molecule has 0 aromatic carbocycles. The number of nitrogens with two attached hydrogens (primary N) is 1. The molecule has 1 aromatic heterocycles. The number of carbonyl (C=O) groups excluding carboxylic acids is 1. The summed E-state index contributed by atoms with van der Waals surface area (Å²) in [5.41, 5.74) is 6.66. The Bertz CT molecular complexity index is 440. The second-order valence-corrected chi connectivity index (χ2v) is 4.83. The van der Waals surface area contributed by atoms with E-state index in [-0.39, 0.29) is 5.91 Å². The van der Waals surface area contributed by atoms with Gasteiger partial charge in [0.25, 0.3) is 5.91 Å². The maximum absolute atomic E-state index is 12.1. The van der Waals surface area contributed by atoms with Gasteiger partial charge in [-0.15, -0.1) is 0 Å². The lowest BCUT2D eigenvalue weighted by Gasteiger charge is -2.26. The van der Waals surface area contributed by atoms with Crippen molar-refractivity contribution in [1.29, 1.82) is 0 Å². The number of nitrogens with zero attached hydrogens (tertiary/aromatic N) is 3. The summed E-state index contributed by atoms with van der Waals surface area (Å²) in [4.78, 5) is 14.4. The molecule has 7 nitrogen and oxygen atoms in total. The van der Waals surface area contributed by atoms with Gasteiger partial charge in [-0.1, -0.05) is 0 Å². The van der Waals surface area contributed by atoms with Gasteiger partial charge >= 0.3 is 0 Å². The predicted molar refractivity (Wildman–Crippen MR) is 76.5 cm³/mol. The number of aryl methyl sites for hydroxylation is 1. The predicted octanol–water partition coefficient (Wildman–Crippen LogP) is -0.0627. The van der Waals surface area contributed by atoms with Crippen LogP contribution in [0.15, 0.2) is 6.20 Å². The van der Waals surface area contributed by atoms with Crippen LogP contribution in [0.3, 0.4) is 0 Å². The largest absolute Gasteiger partial charge is 0.396 e. The van der Waals surface area contributed by atoms with E-state index in [9.17, 15) is 4.79 Å². The molecule has 20 heavy (non-hydrogen) atoms. The Morgan fingerprint density at radius 3 is 2.95 bits per heavy atom. The fraction of sp³-hybridized carbons (Fsp3) is 0.692. The molecule has 1 saturated heterocycles. The molecule has 3 N–H and O–H groups in total. The number of aromatic nitrogens is 2. The summed E-state index contributed by atoms with van der Waals surface area (Å²) >= 11 is 0. The average Bonchev–Trinajstić information content (AvgIpc) is 2.85. The Labute approximate surface area is 119 Å². The number of anilines is 1. The molecule has 2 rings (SSSR count). The van der Waals surface area contributed by atoms with Crippen LogP contribution in [0.4, 0.5) is 5.69 Å². The smallest absolute Gasteiger partial charge is 0.271 e. The highest BCUT2D eigenvalue weighted by atomic mass is 16.5. The number of ether oxygens (including phenoxy) is 1. The number of nitrogens with one attached hydrogen (secondary N) is 1. The van der Waals surface area contributed by atoms with Gasteiger partial charge < -0.3 is 15.8 Å². The van der Waals surface area contributed by atoms with Crippen LogP contribution in [0.25, 0.3) is 0 Å². The summed E-state index contributed by atoms with van der Waals surface area (Å²) in [5.74, 6) is -0.149. The Morgan fingerprint density at radius 2 is 2.25 bits per heavy atom. The Morgan fingerprint density at radius 1 is 1.50 bits per heavy atom. The van der Waals surface area contributed by atoms with E-state index in [1.165, 1.54) is 6.20 Å². The van der Waals surface area contributed by atoms with Gasteiger partial charge in [0.05, 0.1) is 25.1 Å². The molecule has 1 aliphatic heterocycles. The summed E-state index contributed by atoms with van der Waals surface area (Å²) in [6.07, 6.45) is 2.44. The van der Waals surface area contributed by atoms with Crippen LogP contribution in [-0.4, -0.2) is 60.0 Å². The van der Waals surface area contributed by atoms with Crippen LogP contribution < -0.4 is 11.1 Å². The summed E-state index contributed by atoms with van der Waals surface area (Å²) < 4.78 is 6.91. The van der Waals surface area contributed by atoms with Crippen molar-refractivity contribution in [2.75, 3.05) is 45.1 Å². The van der Waals surface area contributed by atoms with Crippen molar-refractivity contribution >= 4 is 11.6 Å². The van der Waals surface area contributed by atoms with Crippen LogP contribution in [0.1, 0.15) is 23.8 Å². The zero-order valence-corrected chi connectivity index (χ0v) is 12.0. The summed E-state index contributed by atoms with van der Waals surface area (Å²) in [6, 6.07) is 0. The summed E-state index contributed by atoms with van der Waals surface area (Å²) in [7, 11) is 0. The van der Waals surface area contributed by atoms with Gasteiger partial charge in [0.2, 0.25) is 0 Å². The second kappa shape index (κ2) is 7.25. The lowest BCUT2D eigenvalue weighted by atomic mass is 10.3. The summed E-state index contributed by atoms with van der Waals surface area (Å²) in [6.45, 7) is 7.75. The minimum Gasteiger partial charge on any atom is -0.396 e. The van der Waals surface area contributed by atoms with Crippen LogP contribution in [-0.2, 0) is 11.3 Å². The number of carbonyl (C=O) groups is 1. The third-order valence-electron chi connectivity index (χ3n) is 3.42. The minimum atomic E-state index is -0.149. The molecule has 0 spiro atoms. The average molecular weight is 281 g/mol. The van der Waals surface area contributed by atoms with E-state index < -0.39 is 0 Å². The van der Waals surface area contributed by atoms with E-state index in [4.69, 9.17) is 10.5 Å². The van der Waals surface area contributed by atoms with Gasteiger partial charge in [0.1, 0.15) is 5.69 Å². The van der Waals surface area contributed by atoms with Gasteiger partial charge in [-0.3, -0.25) is 14.4 Å². The van der Waals surface area contributed by atoms with E-state index in [0.717, 1.165) is 39.3 Å². The molecule has 1 aromatic rings. The first-order chi connectivity index (χ1) is 9.72. The first kappa shape index (κ1) is 14.8. The number of nitrogen functional groups attached to an aromatic ring is 1. The lowest BCUT2D eigenvalue weighted by Crippen LogP contribution is -2.38. The van der Waals surface area contributed by atoms with E-state index in [0.29, 0.717) is 24.5 Å². The quantitative estimate of drug-likeness (QED) is 0.713. The van der Waals surface area contributed by atoms with Crippen molar-refractivity contribution < 1.29 is 9.53 Å². The fourth-order valence-electron chi connectivity index (χ4n) is 2.30. The third kappa shape index (κ3) is 3.71. The molecule has 1 fully saturated rings. The number of rotatable bonds is 6. The molecule has 0 unspecified atom stereocenters. The first-order valence-corrected chi connectivity index (χ1v) is 7.12. The number of morpholine rings is 1. The SMILES string of the molecule is CCn1ncc(N)c1C(=O)NCCCN1CCOCC1. The van der Waals surface area contributed by atoms with Gasteiger partial charge in [0, 0.05) is 26.2 Å². The number of hydrogen-bond donors (Lipinski definition) is 2. The molecule has 1 aliphatic rings. The highest BCUT2D eigenvalue weighted by Gasteiger charge is 2.15. The van der Waals surface area contributed by atoms with Crippen LogP contribution in [0.2, 0.25) is 0 Å². The molecule has 112 valence electrons. The summed E-state index contributed by atoms with van der Waals surface area (Å²) in [5, 5.41) is 6.97. The van der Waals surface area contributed by atoms with Crippen molar-refractivity contribution in [3.8, 4) is 0 Å². The van der Waals surface area contributed by atoms with Gasteiger partial charge in [-0.25, -0.2) is 0 Å². The maximum Gasteiger partial charge on any atom is 0.271 e. The normalized spacial score (nSPS) is 16.2. The zero-order chi connectivity index (χ0) is 14.4. The van der Waals surface area contributed by atoms with E-state index in [1.54, 1.807) is 4.68 Å². The standard InChI is InChI=1S/C13H23N5O2/c1-2-18-12(11(14)10-16-18)13(19)15-4-3-5-17-6-8-20-9-7-17/h10H,2-9,14H2,1H3,(H,15,19). The molecule has 0 radical (unpaired) electrons. The van der Waals surface area contributed by atoms with Crippen molar-refractivity contribution in [1.82, 2.24) is 20.0 Å². The molecular formula is C13H23N5O2. The van der Waals surface area contributed by atoms with Crippen molar-refractivity contribution in [3.05, 3.63) is 11.9 Å². The second-order valence-electron chi connectivity index (χ2n) is 4.83. The molecule has 0 saturated carbocycles. The topological polar surface area (TPSA) is 85.4 Å². The van der Waals surface area contributed by atoms with Gasteiger partial charge in [-0.05, 0) is 19.9 Å². The lowest BCUT2D eigenvalue weighted by molar-refractivity contribution is 0.0374. The number of hydrogen-bond acceptors (Lipinski definition) is 5. The Hall–Kier alpha value is -1.60. The Kier molecular flexibility index (Phi) is 5.37. The molecule has 0 aliphatic carbocycles. The van der Waals surface area contributed by atoms with E-state index in [1.807, 2.05) is 6.92 Å². The molecule has 0 bridgehead atoms. The van der Waals surface area contributed by atoms with E-state index in [2.05, 4.69) is 15.3 Å². The highest BCUT2D eigenvalue weighted by Crippen LogP contribution is 2.10. The molecule has 2 heterocycles. The van der Waals surface area contributed by atoms with Gasteiger partial charge in [0.15, 0.2) is 0 Å². The Balaban J connectivity index is 1.73. The van der Waals surface area contributed by atoms with Crippen molar-refractivity contribution in [3.63, 3.8) is 0 Å². The maximum atomic E-state index is 12.1. The third-order valence-corrected chi connectivity index (χ3v) is 3.42. The molecular weight excluding hydrogens is 258 g/mol. The number of amides is 1. The highest BCUT2D eigenvalue weighted by molar-refractivity contribution is 5.97. The van der Waals surface area contributed by atoms with Crippen LogP contribution in [0.5, 0.6) is 0 Å². The molecule has 7 heteroatoms. The van der Waals surface area contributed by atoms with Crippen molar-refractivity contribution in [2.45, 2.75) is 19.9 Å². The minimum absolute atomic E-state index is 0.149. The fourth-order valence-corrected chi connectivity index (χ4v) is 2.30. The molecule has 0 atom stereocenters. The first-order valence-electron chi connectivity index (χ1n) is 7.12. The molecule has 1 amide bonds. The van der Waals surface area contributed by atoms with Gasteiger partial charge in [-0.2, -0.15) is 5.10 Å². The zero-order valence-electron chi connectivity index (χ0n) is 12.0.